The molecule has 114 valence electrons. The second-order valence-electron chi connectivity index (χ2n) is 4.23. The predicted molar refractivity (Wildman–Crippen MR) is 79.9 cm³/mol. The van der Waals surface area contributed by atoms with E-state index < -0.39 is 19.2 Å². The van der Waals surface area contributed by atoms with Crippen LogP contribution in [0.1, 0.15) is 11.2 Å². The first-order valence-corrected chi connectivity index (χ1v) is 8.72. The minimum atomic E-state index is -3.69. The highest BCUT2D eigenvalue weighted by molar-refractivity contribution is 9.09. The number of para-hydroxylation sites is 1. The van der Waals surface area contributed by atoms with Gasteiger partial charge in [0, 0.05) is 19.8 Å². The molecule has 0 spiro atoms. The lowest BCUT2D eigenvalue weighted by atomic mass is 10.00. The topological polar surface area (TPSA) is 82.1 Å². The van der Waals surface area contributed by atoms with E-state index in [1.807, 2.05) is 0 Å². The molecular weight excluding hydrogens is 363 g/mol. The number of allylic oxidation sites excluding steroid dienone is 1. The van der Waals surface area contributed by atoms with E-state index in [2.05, 4.69) is 15.9 Å². The summed E-state index contributed by atoms with van der Waals surface area (Å²) in [5.41, 5.74) is -0.702. The lowest BCUT2D eigenvalue weighted by Gasteiger charge is -2.31. The number of carbonyl (C=O) groups is 1. The van der Waals surface area contributed by atoms with Gasteiger partial charge in [-0.25, -0.2) is 4.79 Å². The number of fused-ring (bicyclic) bond motifs is 1. The number of esters is 1. The van der Waals surface area contributed by atoms with Crippen molar-refractivity contribution in [2.75, 3.05) is 19.5 Å². The Bertz CT molecular complexity index is 633. The zero-order valence-electron chi connectivity index (χ0n) is 11.4. The Morgan fingerprint density at radius 3 is 2.57 bits per heavy atom. The maximum Gasteiger partial charge on any atom is 0.344 e. The summed E-state index contributed by atoms with van der Waals surface area (Å²) in [4.78, 5) is 12.2. The maximum absolute atomic E-state index is 12.8. The number of alkyl halides is 1. The van der Waals surface area contributed by atoms with E-state index in [4.69, 9.17) is 13.8 Å². The van der Waals surface area contributed by atoms with Crippen LogP contribution in [0.5, 0.6) is 5.75 Å². The standard InChI is InChI=1S/C13H14BrO6P/c1-18-21(17,19-2)12-8-5-3-4-6-10(8)20-13(16)11(12)9(15)7-14/h3-6,12,15H,7H2,1-2H3/b11-9+/t12-/m1/s1. The van der Waals surface area contributed by atoms with Crippen molar-refractivity contribution in [3.63, 3.8) is 0 Å². The van der Waals surface area contributed by atoms with Gasteiger partial charge >= 0.3 is 13.6 Å². The second kappa shape index (κ2) is 6.32. The van der Waals surface area contributed by atoms with Gasteiger partial charge in [-0.3, -0.25) is 4.57 Å². The number of rotatable bonds is 4. The second-order valence-corrected chi connectivity index (χ2v) is 7.12. The number of aliphatic hydroxyl groups is 1. The maximum atomic E-state index is 12.8. The third-order valence-electron chi connectivity index (χ3n) is 3.17. The Hall–Kier alpha value is -1.14. The average molecular weight is 377 g/mol. The first-order valence-electron chi connectivity index (χ1n) is 5.98. The van der Waals surface area contributed by atoms with Crippen molar-refractivity contribution < 1.29 is 28.3 Å². The van der Waals surface area contributed by atoms with E-state index in [0.717, 1.165) is 0 Å². The minimum absolute atomic E-state index is 0.0174. The predicted octanol–water partition coefficient (Wildman–Crippen LogP) is 3.34. The lowest BCUT2D eigenvalue weighted by Crippen LogP contribution is -2.26. The molecule has 0 fully saturated rings. The molecule has 1 heterocycles. The van der Waals surface area contributed by atoms with Gasteiger partial charge in [-0.2, -0.15) is 0 Å². The Kier molecular flexibility index (Phi) is 4.88. The highest BCUT2D eigenvalue weighted by Crippen LogP contribution is 2.65. The number of aliphatic hydroxyl groups excluding tert-OH is 1. The Morgan fingerprint density at radius 1 is 1.38 bits per heavy atom. The molecular formula is C13H14BrO6P. The first kappa shape index (κ1) is 16.2. The third kappa shape index (κ3) is 2.79. The normalized spacial score (nSPS) is 20.7. The SMILES string of the molecule is COP(=O)(OC)[C@H]1/C(=C(\O)CBr)C(=O)Oc2ccccc21. The number of halogens is 1. The molecule has 0 bridgehead atoms. The van der Waals surface area contributed by atoms with Crippen LogP contribution in [0, 0.1) is 0 Å². The number of hydrogen-bond acceptors (Lipinski definition) is 6. The molecule has 0 aliphatic carbocycles. The molecule has 1 aliphatic rings. The number of ether oxygens (including phenoxy) is 1. The van der Waals surface area contributed by atoms with Crippen molar-refractivity contribution in [1.82, 2.24) is 0 Å². The summed E-state index contributed by atoms with van der Waals surface area (Å²) >= 11 is 3.07. The van der Waals surface area contributed by atoms with Crippen LogP contribution in [0.2, 0.25) is 0 Å². The molecule has 1 atom stereocenters. The van der Waals surface area contributed by atoms with Gasteiger partial charge < -0.3 is 18.9 Å². The van der Waals surface area contributed by atoms with Gasteiger partial charge in [0.15, 0.2) is 0 Å². The van der Waals surface area contributed by atoms with Crippen molar-refractivity contribution in [3.05, 3.63) is 41.2 Å². The zero-order valence-corrected chi connectivity index (χ0v) is 13.9. The van der Waals surface area contributed by atoms with Crippen LogP contribution in [0.15, 0.2) is 35.6 Å². The van der Waals surface area contributed by atoms with Crippen LogP contribution in [0.25, 0.3) is 0 Å². The third-order valence-corrected chi connectivity index (χ3v) is 5.89. The van der Waals surface area contributed by atoms with E-state index in [-0.39, 0.29) is 22.4 Å². The fraction of sp³-hybridized carbons (Fsp3) is 0.308. The summed E-state index contributed by atoms with van der Waals surface area (Å²) in [7, 11) is -1.23. The highest BCUT2D eigenvalue weighted by Gasteiger charge is 2.47. The minimum Gasteiger partial charge on any atom is -0.511 e. The number of benzene rings is 1. The summed E-state index contributed by atoms with van der Waals surface area (Å²) in [5.74, 6) is -0.772. The van der Waals surface area contributed by atoms with Crippen LogP contribution in [0.4, 0.5) is 0 Å². The van der Waals surface area contributed by atoms with Gasteiger partial charge in [-0.1, -0.05) is 34.1 Å². The molecule has 1 aliphatic heterocycles. The zero-order chi connectivity index (χ0) is 15.6. The number of carbonyl (C=O) groups excluding carboxylic acids is 1. The highest BCUT2D eigenvalue weighted by atomic mass is 79.9. The van der Waals surface area contributed by atoms with Crippen LogP contribution in [-0.4, -0.2) is 30.6 Å². The molecule has 6 nitrogen and oxygen atoms in total. The van der Waals surface area contributed by atoms with Crippen LogP contribution >= 0.6 is 23.5 Å². The van der Waals surface area contributed by atoms with Gasteiger partial charge in [0.1, 0.15) is 17.2 Å². The van der Waals surface area contributed by atoms with Crippen LogP contribution in [0.3, 0.4) is 0 Å². The summed E-state index contributed by atoms with van der Waals surface area (Å²) in [6, 6.07) is 6.63. The average Bonchev–Trinajstić information content (AvgIpc) is 2.52. The van der Waals surface area contributed by atoms with Gasteiger partial charge in [0.2, 0.25) is 0 Å². The summed E-state index contributed by atoms with van der Waals surface area (Å²) in [6.45, 7) is 0. The molecule has 0 saturated heterocycles. The molecule has 2 rings (SSSR count). The molecule has 0 amide bonds. The first-order chi connectivity index (χ1) is 9.98. The van der Waals surface area contributed by atoms with Crippen LogP contribution < -0.4 is 4.74 Å². The molecule has 8 heteroatoms. The summed E-state index contributed by atoms with van der Waals surface area (Å²) in [5, 5.41) is 10.0. The quantitative estimate of drug-likeness (QED) is 0.217. The fourth-order valence-electron chi connectivity index (χ4n) is 2.18. The molecule has 1 aromatic rings. The molecule has 21 heavy (non-hydrogen) atoms. The van der Waals surface area contributed by atoms with Gasteiger partial charge in [0.05, 0.1) is 10.9 Å². The van der Waals surface area contributed by atoms with E-state index in [1.54, 1.807) is 24.3 Å². The molecule has 1 aromatic carbocycles. The van der Waals surface area contributed by atoms with E-state index in [9.17, 15) is 14.5 Å². The van der Waals surface area contributed by atoms with E-state index in [1.165, 1.54) is 14.2 Å². The Morgan fingerprint density at radius 2 is 2.00 bits per heavy atom. The van der Waals surface area contributed by atoms with Crippen molar-refractivity contribution in [3.8, 4) is 5.75 Å². The monoisotopic (exact) mass is 376 g/mol. The van der Waals surface area contributed by atoms with Crippen LogP contribution in [-0.2, 0) is 18.4 Å². The summed E-state index contributed by atoms with van der Waals surface area (Å²) in [6.07, 6.45) is 0. The Balaban J connectivity index is 2.74. The molecule has 0 aromatic heterocycles. The van der Waals surface area contributed by atoms with Gasteiger partial charge in [-0.05, 0) is 6.07 Å². The fourth-order valence-corrected chi connectivity index (χ4v) is 4.18. The van der Waals surface area contributed by atoms with E-state index >= 15 is 0 Å². The molecule has 0 radical (unpaired) electrons. The smallest absolute Gasteiger partial charge is 0.344 e. The van der Waals surface area contributed by atoms with Crippen molar-refractivity contribution in [1.29, 1.82) is 0 Å². The number of hydrogen-bond donors (Lipinski definition) is 1. The molecule has 0 unspecified atom stereocenters. The van der Waals surface area contributed by atoms with Crippen molar-refractivity contribution >= 4 is 29.5 Å². The van der Waals surface area contributed by atoms with Crippen molar-refractivity contribution in [2.45, 2.75) is 5.66 Å². The van der Waals surface area contributed by atoms with Crippen molar-refractivity contribution in [2.24, 2.45) is 0 Å². The molecule has 0 saturated carbocycles. The largest absolute Gasteiger partial charge is 0.511 e. The summed E-state index contributed by atoms with van der Waals surface area (Å²) < 4.78 is 28.0. The Labute approximate surface area is 130 Å². The van der Waals surface area contributed by atoms with Gasteiger partial charge in [0.25, 0.3) is 0 Å². The van der Waals surface area contributed by atoms with Gasteiger partial charge in [-0.15, -0.1) is 0 Å². The lowest BCUT2D eigenvalue weighted by molar-refractivity contribution is -0.131. The van der Waals surface area contributed by atoms with E-state index in [0.29, 0.717) is 5.56 Å². The molecule has 1 N–H and O–H groups in total.